The highest BCUT2D eigenvalue weighted by Gasteiger charge is 2.18. The number of halogens is 4. The summed E-state index contributed by atoms with van der Waals surface area (Å²) in [7, 11) is 0. The molecule has 0 radical (unpaired) electrons. The number of imidazole rings is 1. The van der Waals surface area contributed by atoms with E-state index < -0.39 is 17.5 Å². The van der Waals surface area contributed by atoms with E-state index in [2.05, 4.69) is 4.98 Å². The Morgan fingerprint density at radius 1 is 1.05 bits per heavy atom. The van der Waals surface area contributed by atoms with Gasteiger partial charge in [-0.05, 0) is 30.3 Å². The van der Waals surface area contributed by atoms with Crippen LogP contribution in [0.1, 0.15) is 0 Å². The maximum atomic E-state index is 13.9. The van der Waals surface area contributed by atoms with Gasteiger partial charge in [0, 0.05) is 5.02 Å². The highest BCUT2D eigenvalue weighted by Crippen LogP contribution is 2.28. The molecule has 0 aliphatic heterocycles. The highest BCUT2D eigenvalue weighted by molar-refractivity contribution is 6.31. The third-order valence-corrected chi connectivity index (χ3v) is 3.13. The van der Waals surface area contributed by atoms with Gasteiger partial charge in [0.1, 0.15) is 0 Å². The third kappa shape index (κ3) is 1.80. The summed E-state index contributed by atoms with van der Waals surface area (Å²) in [6, 6.07) is 6.61. The van der Waals surface area contributed by atoms with E-state index in [1.165, 1.54) is 4.57 Å². The van der Waals surface area contributed by atoms with Crippen LogP contribution in [0.3, 0.4) is 0 Å². The fourth-order valence-corrected chi connectivity index (χ4v) is 2.18. The summed E-state index contributed by atoms with van der Waals surface area (Å²) in [6.07, 6.45) is 0. The van der Waals surface area contributed by atoms with E-state index in [-0.39, 0.29) is 11.6 Å². The standard InChI is InChI=1S/C13H7ClF3N3/c14-6-1-3-9-8(5-6)19-13(18)20(9)10-4-2-7(15)11(16)12(10)17/h1-5H,(H2,18,19). The van der Waals surface area contributed by atoms with E-state index in [0.717, 1.165) is 12.1 Å². The quantitative estimate of drug-likeness (QED) is 0.696. The second-order valence-corrected chi connectivity index (χ2v) is 4.57. The van der Waals surface area contributed by atoms with Gasteiger partial charge in [0.15, 0.2) is 17.5 Å². The third-order valence-electron chi connectivity index (χ3n) is 2.90. The molecule has 0 spiro atoms. The minimum absolute atomic E-state index is 0.0489. The zero-order chi connectivity index (χ0) is 14.4. The summed E-state index contributed by atoms with van der Waals surface area (Å²) < 4.78 is 41.4. The van der Waals surface area contributed by atoms with E-state index >= 15 is 0 Å². The molecule has 0 aliphatic rings. The summed E-state index contributed by atoms with van der Waals surface area (Å²) >= 11 is 5.83. The SMILES string of the molecule is Nc1nc2cc(Cl)ccc2n1-c1ccc(F)c(F)c1F. The molecule has 3 nitrogen and oxygen atoms in total. The maximum absolute atomic E-state index is 13.9. The van der Waals surface area contributed by atoms with Crippen molar-refractivity contribution in [2.45, 2.75) is 0 Å². The Bertz CT molecular complexity index is 829. The predicted octanol–water partition coefficient (Wildman–Crippen LogP) is 3.68. The van der Waals surface area contributed by atoms with Crippen LogP contribution in [0.25, 0.3) is 16.7 Å². The minimum atomic E-state index is -1.56. The minimum Gasteiger partial charge on any atom is -0.369 e. The van der Waals surface area contributed by atoms with Crippen molar-refractivity contribution in [3.8, 4) is 5.69 Å². The van der Waals surface area contributed by atoms with Gasteiger partial charge < -0.3 is 5.73 Å². The summed E-state index contributed by atoms with van der Waals surface area (Å²) in [5, 5.41) is 0.438. The second-order valence-electron chi connectivity index (χ2n) is 4.13. The molecule has 0 aliphatic carbocycles. The Kier molecular flexibility index (Phi) is 2.83. The molecule has 7 heteroatoms. The molecule has 3 aromatic rings. The van der Waals surface area contributed by atoms with Crippen molar-refractivity contribution in [1.82, 2.24) is 9.55 Å². The van der Waals surface area contributed by atoms with Gasteiger partial charge in [-0.2, -0.15) is 0 Å². The van der Waals surface area contributed by atoms with Gasteiger partial charge in [0.2, 0.25) is 5.95 Å². The zero-order valence-corrected chi connectivity index (χ0v) is 10.6. The molecule has 0 amide bonds. The van der Waals surface area contributed by atoms with Gasteiger partial charge >= 0.3 is 0 Å². The normalized spacial score (nSPS) is 11.2. The van der Waals surface area contributed by atoms with Crippen molar-refractivity contribution in [1.29, 1.82) is 0 Å². The van der Waals surface area contributed by atoms with Crippen LogP contribution in [0, 0.1) is 17.5 Å². The topological polar surface area (TPSA) is 43.8 Å². The molecule has 1 heterocycles. The monoisotopic (exact) mass is 297 g/mol. The molecule has 2 aromatic carbocycles. The van der Waals surface area contributed by atoms with Crippen LogP contribution < -0.4 is 5.73 Å². The summed E-state index contributed by atoms with van der Waals surface area (Å²) in [5.41, 5.74) is 6.37. The van der Waals surface area contributed by atoms with Crippen molar-refractivity contribution < 1.29 is 13.2 Å². The number of rotatable bonds is 1. The Hall–Kier alpha value is -2.21. The first-order valence-corrected chi connectivity index (χ1v) is 5.94. The lowest BCUT2D eigenvalue weighted by atomic mass is 10.2. The van der Waals surface area contributed by atoms with Crippen LogP contribution in [0.2, 0.25) is 5.02 Å². The summed E-state index contributed by atoms with van der Waals surface area (Å²) in [4.78, 5) is 4.02. The number of benzene rings is 2. The lowest BCUT2D eigenvalue weighted by Crippen LogP contribution is -2.05. The van der Waals surface area contributed by atoms with Crippen molar-refractivity contribution in [2.24, 2.45) is 0 Å². The Labute approximate surface area is 116 Å². The number of hydrogen-bond donors (Lipinski definition) is 1. The average molecular weight is 298 g/mol. The first-order chi connectivity index (χ1) is 9.49. The van der Waals surface area contributed by atoms with E-state index in [0.29, 0.717) is 16.1 Å². The van der Waals surface area contributed by atoms with Gasteiger partial charge in [0.05, 0.1) is 16.7 Å². The Morgan fingerprint density at radius 2 is 1.80 bits per heavy atom. The zero-order valence-electron chi connectivity index (χ0n) is 9.87. The molecule has 0 bridgehead atoms. The van der Waals surface area contributed by atoms with Gasteiger partial charge in [-0.1, -0.05) is 11.6 Å². The van der Waals surface area contributed by atoms with Gasteiger partial charge in [-0.25, -0.2) is 18.2 Å². The number of hydrogen-bond acceptors (Lipinski definition) is 2. The molecule has 102 valence electrons. The molecule has 2 N–H and O–H groups in total. The fraction of sp³-hybridized carbons (Fsp3) is 0. The molecular formula is C13H7ClF3N3. The molecule has 1 aromatic heterocycles. The molecule has 0 atom stereocenters. The van der Waals surface area contributed by atoms with Crippen molar-refractivity contribution >= 4 is 28.6 Å². The number of aromatic nitrogens is 2. The average Bonchev–Trinajstić information content (AvgIpc) is 2.72. The lowest BCUT2D eigenvalue weighted by molar-refractivity contribution is 0.445. The van der Waals surface area contributed by atoms with Crippen LogP contribution in [0.4, 0.5) is 19.1 Å². The smallest absolute Gasteiger partial charge is 0.206 e. The largest absolute Gasteiger partial charge is 0.369 e. The van der Waals surface area contributed by atoms with Crippen molar-refractivity contribution in [3.05, 3.63) is 52.8 Å². The first kappa shape index (κ1) is 12.8. The number of anilines is 1. The van der Waals surface area contributed by atoms with E-state index in [4.69, 9.17) is 17.3 Å². The summed E-state index contributed by atoms with van der Waals surface area (Å²) in [6.45, 7) is 0. The van der Waals surface area contributed by atoms with Gasteiger partial charge in [0.25, 0.3) is 0 Å². The van der Waals surface area contributed by atoms with Gasteiger partial charge in [-0.15, -0.1) is 0 Å². The van der Waals surface area contributed by atoms with Crippen molar-refractivity contribution in [2.75, 3.05) is 5.73 Å². The Balaban J connectivity index is 2.35. The van der Waals surface area contributed by atoms with Crippen LogP contribution in [-0.2, 0) is 0 Å². The summed E-state index contributed by atoms with van der Waals surface area (Å²) in [5.74, 6) is -4.20. The van der Waals surface area contributed by atoms with E-state index in [9.17, 15) is 13.2 Å². The highest BCUT2D eigenvalue weighted by atomic mass is 35.5. The number of nitrogen functional groups attached to an aromatic ring is 1. The molecule has 0 saturated carbocycles. The van der Waals surface area contributed by atoms with E-state index in [1.54, 1.807) is 18.2 Å². The van der Waals surface area contributed by atoms with Gasteiger partial charge in [-0.3, -0.25) is 4.57 Å². The number of fused-ring (bicyclic) bond motifs is 1. The fourth-order valence-electron chi connectivity index (χ4n) is 2.01. The molecule has 0 fully saturated rings. The maximum Gasteiger partial charge on any atom is 0.206 e. The van der Waals surface area contributed by atoms with E-state index in [1.807, 2.05) is 0 Å². The second kappa shape index (κ2) is 4.42. The molecule has 0 saturated heterocycles. The van der Waals surface area contributed by atoms with Crippen molar-refractivity contribution in [3.63, 3.8) is 0 Å². The molecule has 0 unspecified atom stereocenters. The lowest BCUT2D eigenvalue weighted by Gasteiger charge is -2.08. The Morgan fingerprint density at radius 3 is 2.55 bits per heavy atom. The number of nitrogens with two attached hydrogens (primary N) is 1. The first-order valence-electron chi connectivity index (χ1n) is 5.56. The van der Waals surface area contributed by atoms with Crippen LogP contribution in [0.15, 0.2) is 30.3 Å². The van der Waals surface area contributed by atoms with Crippen LogP contribution in [0.5, 0.6) is 0 Å². The molecule has 3 rings (SSSR count). The van der Waals surface area contributed by atoms with Crippen LogP contribution >= 0.6 is 11.6 Å². The van der Waals surface area contributed by atoms with Crippen LogP contribution in [-0.4, -0.2) is 9.55 Å². The number of nitrogens with zero attached hydrogens (tertiary/aromatic N) is 2. The molecular weight excluding hydrogens is 291 g/mol. The predicted molar refractivity (Wildman–Crippen MR) is 70.4 cm³/mol. The molecule has 20 heavy (non-hydrogen) atoms.